The molecule has 0 unspecified atom stereocenters. The molecule has 0 bridgehead atoms. The van der Waals surface area contributed by atoms with Crippen LogP contribution in [0.3, 0.4) is 0 Å². The molecule has 0 atom stereocenters. The molecule has 0 amide bonds. The number of fused-ring (bicyclic) bond motifs is 6. The minimum Gasteiger partial charge on any atom is -0.435 e. The Labute approximate surface area is 309 Å². The van der Waals surface area contributed by atoms with Gasteiger partial charge in [0.2, 0.25) is 5.89 Å². The van der Waals surface area contributed by atoms with Crippen LogP contribution in [0.15, 0.2) is 186 Å². The van der Waals surface area contributed by atoms with Gasteiger partial charge in [0.05, 0.1) is 5.69 Å². The van der Waals surface area contributed by atoms with Gasteiger partial charge in [0.15, 0.2) is 5.58 Å². The minimum atomic E-state index is -0.110. The SMILES string of the molecule is CC1(C)c2ccccc2-c2ccc(N(c3ccc(-c4cccc5c4ccc4nc(-c6ccccc6)oc45)cc3)c3ccccc3-c3ccccc3)cc21. The molecule has 10 rings (SSSR count). The van der Waals surface area contributed by atoms with E-state index in [-0.39, 0.29) is 5.41 Å². The lowest BCUT2D eigenvalue weighted by Gasteiger charge is -2.30. The van der Waals surface area contributed by atoms with Crippen molar-refractivity contribution in [1.82, 2.24) is 4.98 Å². The quantitative estimate of drug-likeness (QED) is 0.175. The average Bonchev–Trinajstić information content (AvgIpc) is 3.76. The minimum absolute atomic E-state index is 0.110. The molecule has 0 saturated carbocycles. The number of oxazole rings is 1. The van der Waals surface area contributed by atoms with Crippen LogP contribution in [0.5, 0.6) is 0 Å². The molecule has 0 radical (unpaired) electrons. The van der Waals surface area contributed by atoms with Gasteiger partial charge in [-0.05, 0) is 92.9 Å². The van der Waals surface area contributed by atoms with Gasteiger partial charge in [-0.3, -0.25) is 0 Å². The number of hydrogen-bond donors (Lipinski definition) is 0. The number of benzene rings is 8. The van der Waals surface area contributed by atoms with E-state index in [2.05, 4.69) is 170 Å². The number of para-hydroxylation sites is 1. The predicted octanol–water partition coefficient (Wildman–Crippen LogP) is 13.8. The maximum atomic E-state index is 6.40. The van der Waals surface area contributed by atoms with Crippen molar-refractivity contribution < 1.29 is 4.42 Å². The molecule has 1 aromatic heterocycles. The molecule has 252 valence electrons. The fourth-order valence-electron chi connectivity index (χ4n) is 8.28. The highest BCUT2D eigenvalue weighted by Gasteiger charge is 2.35. The van der Waals surface area contributed by atoms with Gasteiger partial charge in [-0.1, -0.05) is 147 Å². The first kappa shape index (κ1) is 31.1. The Balaban J connectivity index is 1.10. The van der Waals surface area contributed by atoms with Crippen LogP contribution < -0.4 is 4.90 Å². The number of aromatic nitrogens is 1. The highest BCUT2D eigenvalue weighted by Crippen LogP contribution is 2.51. The molecule has 0 fully saturated rings. The van der Waals surface area contributed by atoms with Crippen LogP contribution in [0.4, 0.5) is 17.1 Å². The van der Waals surface area contributed by atoms with E-state index in [1.165, 1.54) is 33.4 Å². The third-order valence-corrected chi connectivity index (χ3v) is 10.9. The molecule has 1 aliphatic carbocycles. The summed E-state index contributed by atoms with van der Waals surface area (Å²) >= 11 is 0. The third-order valence-electron chi connectivity index (χ3n) is 10.9. The molecule has 53 heavy (non-hydrogen) atoms. The summed E-state index contributed by atoms with van der Waals surface area (Å²) in [5.41, 5.74) is 15.9. The lowest BCUT2D eigenvalue weighted by atomic mass is 9.82. The summed E-state index contributed by atoms with van der Waals surface area (Å²) in [7, 11) is 0. The molecule has 0 saturated heterocycles. The molecule has 8 aromatic carbocycles. The number of rotatable bonds is 6. The van der Waals surface area contributed by atoms with Crippen molar-refractivity contribution in [3.8, 4) is 44.8 Å². The molecule has 3 nitrogen and oxygen atoms in total. The van der Waals surface area contributed by atoms with E-state index < -0.39 is 0 Å². The lowest BCUT2D eigenvalue weighted by Crippen LogP contribution is -2.16. The Hall–Kier alpha value is -6.71. The fraction of sp³-hybridized carbons (Fsp3) is 0.0600. The third kappa shape index (κ3) is 5.08. The molecular formula is C50H36N2O. The summed E-state index contributed by atoms with van der Waals surface area (Å²) in [5, 5.41) is 2.19. The van der Waals surface area contributed by atoms with Gasteiger partial charge >= 0.3 is 0 Å². The Morgan fingerprint density at radius 2 is 1.08 bits per heavy atom. The Morgan fingerprint density at radius 3 is 1.87 bits per heavy atom. The first-order valence-electron chi connectivity index (χ1n) is 18.2. The van der Waals surface area contributed by atoms with Gasteiger partial charge in [0.25, 0.3) is 0 Å². The molecule has 1 heterocycles. The Morgan fingerprint density at radius 1 is 0.453 bits per heavy atom. The van der Waals surface area contributed by atoms with E-state index in [9.17, 15) is 0 Å². The number of nitrogens with zero attached hydrogens (tertiary/aromatic N) is 2. The van der Waals surface area contributed by atoms with E-state index in [1.54, 1.807) is 0 Å². The van der Waals surface area contributed by atoms with Gasteiger partial charge in [0, 0.05) is 33.3 Å². The van der Waals surface area contributed by atoms with Crippen molar-refractivity contribution in [2.75, 3.05) is 4.90 Å². The first-order valence-corrected chi connectivity index (χ1v) is 18.2. The zero-order valence-corrected chi connectivity index (χ0v) is 29.6. The zero-order chi connectivity index (χ0) is 35.5. The van der Waals surface area contributed by atoms with Crippen molar-refractivity contribution >= 4 is 38.9 Å². The average molecular weight is 681 g/mol. The van der Waals surface area contributed by atoms with Gasteiger partial charge in [0.1, 0.15) is 5.52 Å². The van der Waals surface area contributed by atoms with E-state index >= 15 is 0 Å². The summed E-state index contributed by atoms with van der Waals surface area (Å²) in [6.45, 7) is 4.69. The Kier molecular flexibility index (Phi) is 7.16. The predicted molar refractivity (Wildman–Crippen MR) is 220 cm³/mol. The summed E-state index contributed by atoms with van der Waals surface area (Å²) in [6.07, 6.45) is 0. The van der Waals surface area contributed by atoms with E-state index in [1.807, 2.05) is 30.3 Å². The molecule has 0 aliphatic heterocycles. The molecule has 0 spiro atoms. The summed E-state index contributed by atoms with van der Waals surface area (Å²) in [6, 6.07) is 65.0. The molecule has 3 heteroatoms. The van der Waals surface area contributed by atoms with Crippen molar-refractivity contribution in [2.45, 2.75) is 19.3 Å². The first-order chi connectivity index (χ1) is 26.0. The van der Waals surface area contributed by atoms with Crippen molar-refractivity contribution in [3.05, 3.63) is 193 Å². The van der Waals surface area contributed by atoms with Gasteiger partial charge in [-0.15, -0.1) is 0 Å². The van der Waals surface area contributed by atoms with Crippen LogP contribution >= 0.6 is 0 Å². The number of anilines is 3. The second kappa shape index (κ2) is 12.2. The van der Waals surface area contributed by atoms with E-state index in [4.69, 9.17) is 9.40 Å². The van der Waals surface area contributed by atoms with Crippen LogP contribution in [-0.2, 0) is 5.41 Å². The van der Waals surface area contributed by atoms with Crippen LogP contribution in [0.1, 0.15) is 25.0 Å². The van der Waals surface area contributed by atoms with E-state index in [0.29, 0.717) is 5.89 Å². The maximum absolute atomic E-state index is 6.40. The molecule has 1 aliphatic rings. The van der Waals surface area contributed by atoms with Crippen molar-refractivity contribution in [2.24, 2.45) is 0 Å². The largest absolute Gasteiger partial charge is 0.435 e. The smallest absolute Gasteiger partial charge is 0.227 e. The topological polar surface area (TPSA) is 29.3 Å². The molecule has 9 aromatic rings. The molecule has 0 N–H and O–H groups in total. The lowest BCUT2D eigenvalue weighted by molar-refractivity contribution is 0.623. The second-order valence-corrected chi connectivity index (χ2v) is 14.4. The summed E-state index contributed by atoms with van der Waals surface area (Å²) < 4.78 is 6.40. The molecular weight excluding hydrogens is 645 g/mol. The van der Waals surface area contributed by atoms with Crippen molar-refractivity contribution in [3.63, 3.8) is 0 Å². The monoisotopic (exact) mass is 680 g/mol. The summed E-state index contributed by atoms with van der Waals surface area (Å²) in [4.78, 5) is 7.24. The van der Waals surface area contributed by atoms with Crippen LogP contribution in [0.25, 0.3) is 66.7 Å². The highest BCUT2D eigenvalue weighted by atomic mass is 16.3. The maximum Gasteiger partial charge on any atom is 0.227 e. The van der Waals surface area contributed by atoms with Gasteiger partial charge in [-0.25, -0.2) is 4.98 Å². The zero-order valence-electron chi connectivity index (χ0n) is 29.6. The highest BCUT2D eigenvalue weighted by molar-refractivity contribution is 6.09. The van der Waals surface area contributed by atoms with Crippen molar-refractivity contribution in [1.29, 1.82) is 0 Å². The van der Waals surface area contributed by atoms with Crippen LogP contribution in [-0.4, -0.2) is 4.98 Å². The second-order valence-electron chi connectivity index (χ2n) is 14.4. The van der Waals surface area contributed by atoms with E-state index in [0.717, 1.165) is 55.6 Å². The van der Waals surface area contributed by atoms with Crippen LogP contribution in [0, 0.1) is 0 Å². The van der Waals surface area contributed by atoms with Gasteiger partial charge in [-0.2, -0.15) is 0 Å². The normalized spacial score (nSPS) is 12.9. The number of hydrogen-bond acceptors (Lipinski definition) is 3. The van der Waals surface area contributed by atoms with Crippen LogP contribution in [0.2, 0.25) is 0 Å². The Bertz CT molecular complexity index is 2800. The standard InChI is InChI=1S/C50H36N2O/c1-50(2)44-22-11-9-19-41(44)42-29-28-37(32-45(42)50)52(47-23-12-10-18-39(47)33-14-5-3-6-15-33)36-26-24-34(25-27-36)38-20-13-21-43-40(38)30-31-46-48(43)53-49(51-46)35-16-7-4-8-17-35/h3-32H,1-2H3. The fourth-order valence-corrected chi connectivity index (χ4v) is 8.28. The van der Waals surface area contributed by atoms with Gasteiger partial charge < -0.3 is 9.32 Å². The summed E-state index contributed by atoms with van der Waals surface area (Å²) in [5.74, 6) is 0.637.